The lowest BCUT2D eigenvalue weighted by Gasteiger charge is -2.29. The molecule has 0 aliphatic carbocycles. The first-order valence-corrected chi connectivity index (χ1v) is 13.0. The molecule has 0 radical (unpaired) electrons. The molecule has 8 heteroatoms. The zero-order valence-electron chi connectivity index (χ0n) is 21.7. The van der Waals surface area contributed by atoms with Crippen LogP contribution in [0.4, 0.5) is 0 Å². The molecule has 198 valence electrons. The summed E-state index contributed by atoms with van der Waals surface area (Å²) in [7, 11) is 1.56. The Balaban J connectivity index is 1.68. The summed E-state index contributed by atoms with van der Waals surface area (Å²) in [6, 6.07) is 13.6. The summed E-state index contributed by atoms with van der Waals surface area (Å²) >= 11 is 0. The number of ketones is 1. The van der Waals surface area contributed by atoms with Gasteiger partial charge in [-0.1, -0.05) is 49.7 Å². The molecular weight excluding hydrogens is 472 g/mol. The summed E-state index contributed by atoms with van der Waals surface area (Å²) in [5.74, 6) is -0.340. The van der Waals surface area contributed by atoms with Crippen LogP contribution in [0.5, 0.6) is 11.5 Å². The zero-order chi connectivity index (χ0) is 26.2. The van der Waals surface area contributed by atoms with Crippen molar-refractivity contribution in [2.24, 2.45) is 0 Å². The van der Waals surface area contributed by atoms with Crippen molar-refractivity contribution in [2.75, 3.05) is 53.1 Å². The Morgan fingerprint density at radius 2 is 1.78 bits per heavy atom. The Bertz CT molecular complexity index is 1110. The minimum atomic E-state index is -0.733. The third-order valence-electron chi connectivity index (χ3n) is 6.82. The van der Waals surface area contributed by atoms with E-state index in [4.69, 9.17) is 14.2 Å². The number of hydrogen-bond acceptors (Lipinski definition) is 7. The van der Waals surface area contributed by atoms with Crippen molar-refractivity contribution in [3.05, 3.63) is 65.2 Å². The number of carbonyl (C=O) groups is 2. The van der Waals surface area contributed by atoms with Gasteiger partial charge in [-0.15, -0.1) is 0 Å². The normalized spacial score (nSPS) is 19.8. The molecule has 0 saturated carbocycles. The molecule has 2 aliphatic rings. The average Bonchev–Trinajstić information content (AvgIpc) is 3.19. The second kappa shape index (κ2) is 12.7. The molecule has 1 amide bonds. The van der Waals surface area contributed by atoms with Gasteiger partial charge >= 0.3 is 0 Å². The molecule has 4 rings (SSSR count). The first-order valence-electron chi connectivity index (χ1n) is 13.0. The summed E-state index contributed by atoms with van der Waals surface area (Å²) in [5, 5.41) is 11.2. The number of benzene rings is 2. The van der Waals surface area contributed by atoms with Crippen molar-refractivity contribution in [1.82, 2.24) is 9.80 Å². The van der Waals surface area contributed by atoms with Crippen molar-refractivity contribution in [3.8, 4) is 11.5 Å². The molecule has 2 aromatic carbocycles. The van der Waals surface area contributed by atoms with Gasteiger partial charge in [0.15, 0.2) is 11.5 Å². The Morgan fingerprint density at radius 1 is 1.03 bits per heavy atom. The second-order valence-corrected chi connectivity index (χ2v) is 9.28. The van der Waals surface area contributed by atoms with Crippen LogP contribution in [0.1, 0.15) is 43.4 Å². The molecule has 2 saturated heterocycles. The molecule has 1 unspecified atom stereocenters. The van der Waals surface area contributed by atoms with Crippen LogP contribution in [-0.2, 0) is 14.3 Å². The maximum atomic E-state index is 13.3. The van der Waals surface area contributed by atoms with Gasteiger partial charge in [0.2, 0.25) is 0 Å². The molecule has 2 aliphatic heterocycles. The molecule has 0 spiro atoms. The quantitative estimate of drug-likeness (QED) is 0.212. The molecular formula is C29H36N2O6. The number of likely N-dealkylation sites (tertiary alicyclic amines) is 1. The van der Waals surface area contributed by atoms with Gasteiger partial charge in [0.1, 0.15) is 5.76 Å². The van der Waals surface area contributed by atoms with Crippen LogP contribution in [-0.4, -0.2) is 79.7 Å². The van der Waals surface area contributed by atoms with Gasteiger partial charge in [0.25, 0.3) is 11.7 Å². The molecule has 2 heterocycles. The number of carbonyl (C=O) groups excluding carboxylic acids is 2. The second-order valence-electron chi connectivity index (χ2n) is 9.28. The number of rotatable bonds is 11. The first-order chi connectivity index (χ1) is 18.0. The van der Waals surface area contributed by atoms with Crippen LogP contribution in [0.25, 0.3) is 5.76 Å². The first kappa shape index (κ1) is 26.7. The summed E-state index contributed by atoms with van der Waals surface area (Å²) in [6.45, 7) is 6.96. The van der Waals surface area contributed by atoms with Crippen LogP contribution < -0.4 is 9.47 Å². The lowest BCUT2D eigenvalue weighted by Crippen LogP contribution is -2.39. The van der Waals surface area contributed by atoms with E-state index >= 15 is 0 Å². The van der Waals surface area contributed by atoms with E-state index in [1.54, 1.807) is 48.4 Å². The summed E-state index contributed by atoms with van der Waals surface area (Å²) in [4.78, 5) is 30.4. The Kier molecular flexibility index (Phi) is 9.19. The highest BCUT2D eigenvalue weighted by atomic mass is 16.5. The number of morpholine rings is 1. The van der Waals surface area contributed by atoms with Gasteiger partial charge in [0, 0.05) is 31.7 Å². The number of Topliss-reactive ketones (excluding diaryl/α,β-unsaturated/α-hetero) is 1. The number of unbranched alkanes of at least 4 members (excludes halogenated alkanes) is 1. The van der Waals surface area contributed by atoms with Crippen molar-refractivity contribution in [2.45, 2.75) is 32.2 Å². The highest BCUT2D eigenvalue weighted by molar-refractivity contribution is 6.46. The van der Waals surface area contributed by atoms with E-state index in [-0.39, 0.29) is 11.3 Å². The highest BCUT2D eigenvalue weighted by Gasteiger charge is 2.46. The van der Waals surface area contributed by atoms with Crippen molar-refractivity contribution >= 4 is 17.4 Å². The minimum Gasteiger partial charge on any atom is -0.507 e. The fraction of sp³-hybridized carbons (Fsp3) is 0.448. The van der Waals surface area contributed by atoms with Crippen molar-refractivity contribution < 1.29 is 28.9 Å². The number of hydrogen-bond donors (Lipinski definition) is 1. The topological polar surface area (TPSA) is 88.5 Å². The van der Waals surface area contributed by atoms with Crippen LogP contribution >= 0.6 is 0 Å². The molecule has 2 aromatic rings. The third-order valence-corrected chi connectivity index (χ3v) is 6.82. The minimum absolute atomic E-state index is 0.0873. The van der Waals surface area contributed by atoms with Crippen molar-refractivity contribution in [3.63, 3.8) is 0 Å². The van der Waals surface area contributed by atoms with E-state index in [0.717, 1.165) is 32.5 Å². The monoisotopic (exact) mass is 508 g/mol. The average molecular weight is 509 g/mol. The molecule has 8 nitrogen and oxygen atoms in total. The standard InChI is InChI=1S/C29H36N2O6/c1-3-4-17-37-23-12-11-22(20-24(23)35-2)26-25(27(32)21-9-6-5-7-10-21)28(33)29(34)31(26)14-8-13-30-15-18-36-19-16-30/h5-7,9-12,20,26,32H,3-4,8,13-19H2,1-2H3. The van der Waals surface area contributed by atoms with Gasteiger partial charge in [-0.05, 0) is 30.5 Å². The number of aliphatic hydroxyl groups is 1. The van der Waals surface area contributed by atoms with E-state index in [1.807, 2.05) is 12.1 Å². The number of methoxy groups -OCH3 is 1. The van der Waals surface area contributed by atoms with Gasteiger partial charge in [-0.3, -0.25) is 14.5 Å². The van der Waals surface area contributed by atoms with Gasteiger partial charge in [-0.2, -0.15) is 0 Å². The maximum Gasteiger partial charge on any atom is 0.295 e. The lowest BCUT2D eigenvalue weighted by molar-refractivity contribution is -0.140. The summed E-state index contributed by atoms with van der Waals surface area (Å²) in [6.07, 6.45) is 2.63. The Labute approximate surface area is 218 Å². The number of aliphatic hydroxyl groups excluding tert-OH is 1. The SMILES string of the molecule is CCCCOc1ccc(C2C(=C(O)c3ccccc3)C(=O)C(=O)N2CCCN2CCOCC2)cc1OC. The lowest BCUT2D eigenvalue weighted by atomic mass is 9.95. The highest BCUT2D eigenvalue weighted by Crippen LogP contribution is 2.42. The smallest absolute Gasteiger partial charge is 0.295 e. The van der Waals surface area contributed by atoms with Crippen molar-refractivity contribution in [1.29, 1.82) is 0 Å². The van der Waals surface area contributed by atoms with Crippen LogP contribution in [0.2, 0.25) is 0 Å². The van der Waals surface area contributed by atoms with Crippen LogP contribution in [0.15, 0.2) is 54.1 Å². The Hall–Kier alpha value is -3.36. The van der Waals surface area contributed by atoms with Gasteiger partial charge in [-0.25, -0.2) is 0 Å². The predicted octanol–water partition coefficient (Wildman–Crippen LogP) is 4.02. The van der Waals surface area contributed by atoms with E-state index < -0.39 is 17.7 Å². The Morgan fingerprint density at radius 3 is 2.49 bits per heavy atom. The molecule has 2 fully saturated rings. The molecule has 1 atom stereocenters. The third kappa shape index (κ3) is 6.14. The molecule has 1 N–H and O–H groups in total. The molecule has 37 heavy (non-hydrogen) atoms. The fourth-order valence-corrected chi connectivity index (χ4v) is 4.80. The van der Waals surface area contributed by atoms with Crippen LogP contribution in [0, 0.1) is 0 Å². The van der Waals surface area contributed by atoms with Gasteiger partial charge < -0.3 is 24.2 Å². The van der Waals surface area contributed by atoms with Gasteiger partial charge in [0.05, 0.1) is 38.5 Å². The number of nitrogens with zero attached hydrogens (tertiary/aromatic N) is 2. The number of ether oxygens (including phenoxy) is 3. The summed E-state index contributed by atoms with van der Waals surface area (Å²) in [5.41, 5.74) is 1.26. The number of amides is 1. The largest absolute Gasteiger partial charge is 0.507 e. The van der Waals surface area contributed by atoms with E-state index in [1.165, 1.54) is 0 Å². The van der Waals surface area contributed by atoms with Crippen LogP contribution in [0.3, 0.4) is 0 Å². The van der Waals surface area contributed by atoms with E-state index in [0.29, 0.717) is 55.4 Å². The zero-order valence-corrected chi connectivity index (χ0v) is 21.7. The van der Waals surface area contributed by atoms with E-state index in [2.05, 4.69) is 11.8 Å². The maximum absolute atomic E-state index is 13.3. The predicted molar refractivity (Wildman–Crippen MR) is 141 cm³/mol. The summed E-state index contributed by atoms with van der Waals surface area (Å²) < 4.78 is 16.9. The van der Waals surface area contributed by atoms with E-state index in [9.17, 15) is 14.7 Å². The molecule has 0 aromatic heterocycles. The fourth-order valence-electron chi connectivity index (χ4n) is 4.80. The molecule has 0 bridgehead atoms.